The van der Waals surface area contributed by atoms with Crippen LogP contribution >= 0.6 is 0 Å². The van der Waals surface area contributed by atoms with Gasteiger partial charge in [0.1, 0.15) is 0 Å². The second-order valence-electron chi connectivity index (χ2n) is 6.34. The molecular weight excluding hydrogens is 314 g/mol. The van der Waals surface area contributed by atoms with Gasteiger partial charge in [0.25, 0.3) is 0 Å². The first kappa shape index (κ1) is 16.7. The summed E-state index contributed by atoms with van der Waals surface area (Å²) in [6.07, 6.45) is 0.218. The molecule has 5 nitrogen and oxygen atoms in total. The van der Waals surface area contributed by atoms with Crippen molar-refractivity contribution in [2.75, 3.05) is 11.9 Å². The minimum atomic E-state index is -0.372. The minimum absolute atomic E-state index is 0.00787. The SMILES string of the molecule is Cc1ccc(CN2C[C@H](C(=O)Nc3cccc(C#N)c3)CC2=O)cc1. The normalized spacial score (nSPS) is 16.6. The van der Waals surface area contributed by atoms with Crippen LogP contribution < -0.4 is 5.32 Å². The average Bonchev–Trinajstić information content (AvgIpc) is 2.98. The Bertz CT molecular complexity index is 837. The smallest absolute Gasteiger partial charge is 0.229 e. The van der Waals surface area contributed by atoms with Gasteiger partial charge in [0.05, 0.1) is 17.6 Å². The molecule has 0 saturated carbocycles. The van der Waals surface area contributed by atoms with Crippen molar-refractivity contribution in [2.24, 2.45) is 5.92 Å². The molecular formula is C20H19N3O2. The van der Waals surface area contributed by atoms with E-state index < -0.39 is 0 Å². The molecule has 1 fully saturated rings. The van der Waals surface area contributed by atoms with E-state index in [0.717, 1.165) is 5.56 Å². The number of benzene rings is 2. The number of aryl methyl sites for hydroxylation is 1. The van der Waals surface area contributed by atoms with Gasteiger partial charge in [-0.2, -0.15) is 5.26 Å². The molecule has 1 heterocycles. The standard InChI is InChI=1S/C20H19N3O2/c1-14-5-7-15(8-6-14)12-23-13-17(10-19(23)24)20(25)22-18-4-2-3-16(9-18)11-21/h2-9,17H,10,12-13H2,1H3,(H,22,25)/t17-/m1/s1. The number of carbonyl (C=O) groups excluding carboxylic acids is 2. The number of rotatable bonds is 4. The molecule has 2 amide bonds. The molecule has 1 aliphatic heterocycles. The fourth-order valence-electron chi connectivity index (χ4n) is 2.93. The van der Waals surface area contributed by atoms with Gasteiger partial charge in [-0.15, -0.1) is 0 Å². The van der Waals surface area contributed by atoms with Crippen molar-refractivity contribution < 1.29 is 9.59 Å². The Morgan fingerprint density at radius 2 is 2.04 bits per heavy atom. The molecule has 3 rings (SSSR count). The van der Waals surface area contributed by atoms with Crippen molar-refractivity contribution in [1.82, 2.24) is 4.90 Å². The largest absolute Gasteiger partial charge is 0.338 e. The molecule has 2 aromatic rings. The Labute approximate surface area is 146 Å². The van der Waals surface area contributed by atoms with Gasteiger partial charge < -0.3 is 10.2 Å². The van der Waals surface area contributed by atoms with E-state index in [-0.39, 0.29) is 24.2 Å². The van der Waals surface area contributed by atoms with E-state index in [4.69, 9.17) is 5.26 Å². The third-order valence-electron chi connectivity index (χ3n) is 4.34. The molecule has 0 aromatic heterocycles. The van der Waals surface area contributed by atoms with Gasteiger partial charge in [0.15, 0.2) is 0 Å². The molecule has 5 heteroatoms. The second kappa shape index (κ2) is 7.18. The Hall–Kier alpha value is -3.13. The first-order valence-electron chi connectivity index (χ1n) is 8.19. The number of nitrogens with zero attached hydrogens (tertiary/aromatic N) is 2. The van der Waals surface area contributed by atoms with E-state index in [1.54, 1.807) is 29.2 Å². The third-order valence-corrected chi connectivity index (χ3v) is 4.34. The van der Waals surface area contributed by atoms with Gasteiger partial charge in [-0.25, -0.2) is 0 Å². The van der Waals surface area contributed by atoms with Crippen LogP contribution in [0.1, 0.15) is 23.1 Å². The fourth-order valence-corrected chi connectivity index (χ4v) is 2.93. The Morgan fingerprint density at radius 3 is 2.76 bits per heavy atom. The molecule has 0 unspecified atom stereocenters. The zero-order valence-electron chi connectivity index (χ0n) is 14.0. The highest BCUT2D eigenvalue weighted by atomic mass is 16.2. The molecule has 1 N–H and O–H groups in total. The lowest BCUT2D eigenvalue weighted by atomic mass is 10.1. The van der Waals surface area contributed by atoms with Gasteiger partial charge >= 0.3 is 0 Å². The van der Waals surface area contributed by atoms with Gasteiger partial charge in [0.2, 0.25) is 11.8 Å². The third kappa shape index (κ3) is 4.04. The van der Waals surface area contributed by atoms with Gasteiger partial charge in [0, 0.05) is 25.2 Å². The van der Waals surface area contributed by atoms with Crippen LogP contribution in [-0.2, 0) is 16.1 Å². The van der Waals surface area contributed by atoms with Crippen LogP contribution in [-0.4, -0.2) is 23.3 Å². The minimum Gasteiger partial charge on any atom is -0.338 e. The zero-order chi connectivity index (χ0) is 17.8. The van der Waals surface area contributed by atoms with Crippen LogP contribution in [0.25, 0.3) is 0 Å². The first-order valence-corrected chi connectivity index (χ1v) is 8.19. The molecule has 126 valence electrons. The van der Waals surface area contributed by atoms with Crippen molar-refractivity contribution in [3.05, 3.63) is 65.2 Å². The summed E-state index contributed by atoms with van der Waals surface area (Å²) in [6.45, 7) is 2.95. The van der Waals surface area contributed by atoms with Crippen molar-refractivity contribution >= 4 is 17.5 Å². The molecule has 1 atom stereocenters. The summed E-state index contributed by atoms with van der Waals surface area (Å²) in [6, 6.07) is 16.8. The first-order chi connectivity index (χ1) is 12.0. The number of hydrogen-bond donors (Lipinski definition) is 1. The summed E-state index contributed by atoms with van der Waals surface area (Å²) in [7, 11) is 0. The monoisotopic (exact) mass is 333 g/mol. The van der Waals surface area contributed by atoms with Crippen molar-refractivity contribution in [2.45, 2.75) is 19.9 Å². The van der Waals surface area contributed by atoms with Gasteiger partial charge in [-0.3, -0.25) is 9.59 Å². The lowest BCUT2D eigenvalue weighted by Crippen LogP contribution is -2.28. The highest BCUT2D eigenvalue weighted by molar-refractivity contribution is 5.97. The van der Waals surface area contributed by atoms with Crippen molar-refractivity contribution in [3.63, 3.8) is 0 Å². The van der Waals surface area contributed by atoms with Crippen molar-refractivity contribution in [1.29, 1.82) is 5.26 Å². The lowest BCUT2D eigenvalue weighted by Gasteiger charge is -2.17. The number of carbonyl (C=O) groups is 2. The predicted molar refractivity (Wildman–Crippen MR) is 94.5 cm³/mol. The lowest BCUT2D eigenvalue weighted by molar-refractivity contribution is -0.128. The molecule has 25 heavy (non-hydrogen) atoms. The maximum absolute atomic E-state index is 12.4. The van der Waals surface area contributed by atoms with Crippen LogP contribution in [0.2, 0.25) is 0 Å². The van der Waals surface area contributed by atoms with Crippen LogP contribution in [0.3, 0.4) is 0 Å². The van der Waals surface area contributed by atoms with Crippen LogP contribution in [0, 0.1) is 24.2 Å². The number of amides is 2. The molecule has 0 bridgehead atoms. The summed E-state index contributed by atoms with van der Waals surface area (Å²) < 4.78 is 0. The Balaban J connectivity index is 1.62. The van der Waals surface area contributed by atoms with Crippen LogP contribution in [0.15, 0.2) is 48.5 Å². The molecule has 0 radical (unpaired) electrons. The highest BCUT2D eigenvalue weighted by Crippen LogP contribution is 2.22. The summed E-state index contributed by atoms with van der Waals surface area (Å²) >= 11 is 0. The second-order valence-corrected chi connectivity index (χ2v) is 6.34. The molecule has 1 saturated heterocycles. The van der Waals surface area contributed by atoms with E-state index >= 15 is 0 Å². The fraction of sp³-hybridized carbons (Fsp3) is 0.250. The van der Waals surface area contributed by atoms with E-state index in [1.165, 1.54) is 5.56 Å². The molecule has 2 aromatic carbocycles. The van der Waals surface area contributed by atoms with Crippen LogP contribution in [0.4, 0.5) is 5.69 Å². The number of likely N-dealkylation sites (tertiary alicyclic amines) is 1. The zero-order valence-corrected chi connectivity index (χ0v) is 14.0. The number of nitrogens with one attached hydrogen (secondary N) is 1. The maximum atomic E-state index is 12.4. The van der Waals surface area contributed by atoms with E-state index in [2.05, 4.69) is 5.32 Å². The van der Waals surface area contributed by atoms with E-state index in [9.17, 15) is 9.59 Å². The Kier molecular flexibility index (Phi) is 4.80. The highest BCUT2D eigenvalue weighted by Gasteiger charge is 2.34. The topological polar surface area (TPSA) is 73.2 Å². The summed E-state index contributed by atoms with van der Waals surface area (Å²) in [5.41, 5.74) is 3.30. The predicted octanol–water partition coefficient (Wildman–Crippen LogP) is 2.85. The summed E-state index contributed by atoms with van der Waals surface area (Å²) in [5.74, 6) is -0.565. The molecule has 0 spiro atoms. The number of hydrogen-bond acceptors (Lipinski definition) is 3. The van der Waals surface area contributed by atoms with Crippen LogP contribution in [0.5, 0.6) is 0 Å². The van der Waals surface area contributed by atoms with Gasteiger partial charge in [-0.1, -0.05) is 35.9 Å². The van der Waals surface area contributed by atoms with E-state index in [1.807, 2.05) is 37.3 Å². The molecule has 0 aliphatic carbocycles. The number of anilines is 1. The Morgan fingerprint density at radius 1 is 1.28 bits per heavy atom. The number of nitriles is 1. The summed E-state index contributed by atoms with van der Waals surface area (Å²) in [5, 5.41) is 11.7. The molecule has 1 aliphatic rings. The summed E-state index contributed by atoms with van der Waals surface area (Å²) in [4.78, 5) is 26.4. The quantitative estimate of drug-likeness (QED) is 0.935. The van der Waals surface area contributed by atoms with E-state index in [0.29, 0.717) is 24.3 Å². The van der Waals surface area contributed by atoms with Crippen molar-refractivity contribution in [3.8, 4) is 6.07 Å². The average molecular weight is 333 g/mol. The maximum Gasteiger partial charge on any atom is 0.229 e. The van der Waals surface area contributed by atoms with Gasteiger partial charge in [-0.05, 0) is 30.7 Å².